The van der Waals surface area contributed by atoms with Crippen molar-refractivity contribution < 1.29 is 9.18 Å². The fourth-order valence-corrected chi connectivity index (χ4v) is 5.37. The van der Waals surface area contributed by atoms with Crippen LogP contribution < -0.4 is 0 Å². The number of hydrogen-bond acceptors (Lipinski definition) is 1. The Kier molecular flexibility index (Phi) is 3.86. The maximum Gasteiger partial charge on any atom is 0.320 e. The van der Waals surface area contributed by atoms with Gasteiger partial charge in [0.1, 0.15) is 5.82 Å². The van der Waals surface area contributed by atoms with Gasteiger partial charge in [-0.3, -0.25) is 0 Å². The molecule has 2 fully saturated rings. The molecule has 25 heavy (non-hydrogen) atoms. The first kappa shape index (κ1) is 16.9. The van der Waals surface area contributed by atoms with Crippen LogP contribution in [0.25, 0.3) is 0 Å². The minimum absolute atomic E-state index is 0.0719. The van der Waals surface area contributed by atoms with Gasteiger partial charge in [0.05, 0.1) is 0 Å². The highest BCUT2D eigenvalue weighted by Gasteiger charge is 2.57. The largest absolute Gasteiger partial charge is 0.325 e. The van der Waals surface area contributed by atoms with Gasteiger partial charge in [-0.25, -0.2) is 9.18 Å². The number of fused-ring (bicyclic) bond motifs is 4. The summed E-state index contributed by atoms with van der Waals surface area (Å²) in [6, 6.07) is 5.62. The van der Waals surface area contributed by atoms with Gasteiger partial charge in [0.25, 0.3) is 0 Å². The van der Waals surface area contributed by atoms with E-state index >= 15 is 0 Å². The molecule has 2 amide bonds. The molecule has 2 atom stereocenters. The van der Waals surface area contributed by atoms with Gasteiger partial charge < -0.3 is 9.80 Å². The van der Waals surface area contributed by atoms with Crippen LogP contribution in [0.1, 0.15) is 57.6 Å². The Hall–Kier alpha value is -1.58. The highest BCUT2D eigenvalue weighted by atomic mass is 19.1. The molecule has 0 aromatic heterocycles. The Bertz CT molecular complexity index is 695. The number of carbonyl (C=O) groups excluding carboxylic acids is 1. The van der Waals surface area contributed by atoms with Crippen LogP contribution in [0, 0.1) is 11.2 Å². The van der Waals surface area contributed by atoms with Crippen molar-refractivity contribution in [1.82, 2.24) is 9.80 Å². The van der Waals surface area contributed by atoms with Gasteiger partial charge in [-0.15, -0.1) is 0 Å². The summed E-state index contributed by atoms with van der Waals surface area (Å²) in [5.41, 5.74) is 2.20. The molecule has 2 heterocycles. The summed E-state index contributed by atoms with van der Waals surface area (Å²) >= 11 is 0. The van der Waals surface area contributed by atoms with E-state index in [4.69, 9.17) is 0 Å². The molecule has 4 heteroatoms. The lowest BCUT2D eigenvalue weighted by Gasteiger charge is -2.61. The zero-order valence-electron chi connectivity index (χ0n) is 15.6. The maximum absolute atomic E-state index is 13.9. The average Bonchev–Trinajstić information content (AvgIpc) is 2.59. The van der Waals surface area contributed by atoms with E-state index in [0.717, 1.165) is 50.9 Å². The number of nitrogens with zero attached hydrogens (tertiary/aromatic N) is 2. The first-order chi connectivity index (χ1) is 11.8. The molecule has 136 valence electrons. The first-order valence-corrected chi connectivity index (χ1v) is 9.69. The standard InChI is InChI=1S/C21H29FN2O/c1-20(2)18-13-15-7-8-16(22)14-17(15)21(20,3)9-12-24(18)19(25)23-10-5-4-6-11-23/h7-8,14,18H,4-6,9-13H2,1-3H3. The summed E-state index contributed by atoms with van der Waals surface area (Å²) in [5, 5.41) is 0. The Morgan fingerprint density at radius 3 is 2.56 bits per heavy atom. The van der Waals surface area contributed by atoms with Crippen molar-refractivity contribution in [2.75, 3.05) is 19.6 Å². The number of likely N-dealkylation sites (tertiary alicyclic amines) is 2. The van der Waals surface area contributed by atoms with Gasteiger partial charge in [-0.05, 0) is 60.8 Å². The van der Waals surface area contributed by atoms with E-state index in [1.165, 1.54) is 12.0 Å². The lowest BCUT2D eigenvalue weighted by atomic mass is 9.51. The summed E-state index contributed by atoms with van der Waals surface area (Å²) in [4.78, 5) is 17.4. The maximum atomic E-state index is 13.9. The second-order valence-electron chi connectivity index (χ2n) is 8.85. The average molecular weight is 344 g/mol. The van der Waals surface area contributed by atoms with E-state index in [9.17, 15) is 9.18 Å². The number of halogens is 1. The minimum atomic E-state index is -0.152. The van der Waals surface area contributed by atoms with Crippen molar-refractivity contribution in [2.24, 2.45) is 5.41 Å². The van der Waals surface area contributed by atoms with Gasteiger partial charge in [0, 0.05) is 31.1 Å². The van der Waals surface area contributed by atoms with E-state index in [2.05, 4.69) is 25.7 Å². The number of benzene rings is 1. The second-order valence-corrected chi connectivity index (χ2v) is 8.85. The van der Waals surface area contributed by atoms with E-state index in [1.807, 2.05) is 11.0 Å². The van der Waals surface area contributed by atoms with Crippen LogP contribution in [0.5, 0.6) is 0 Å². The van der Waals surface area contributed by atoms with E-state index in [1.54, 1.807) is 12.1 Å². The van der Waals surface area contributed by atoms with Crippen LogP contribution in [0.15, 0.2) is 18.2 Å². The van der Waals surface area contributed by atoms with Gasteiger partial charge in [0.2, 0.25) is 0 Å². The summed E-state index contributed by atoms with van der Waals surface area (Å²) in [7, 11) is 0. The van der Waals surface area contributed by atoms with Crippen molar-refractivity contribution in [3.8, 4) is 0 Å². The third-order valence-corrected chi connectivity index (χ3v) is 7.44. The lowest BCUT2D eigenvalue weighted by molar-refractivity contribution is -0.0243. The van der Waals surface area contributed by atoms with E-state index in [-0.39, 0.29) is 28.7 Å². The van der Waals surface area contributed by atoms with Crippen molar-refractivity contribution in [3.63, 3.8) is 0 Å². The molecular weight excluding hydrogens is 315 g/mol. The normalized spacial score (nSPS) is 30.8. The molecular formula is C21H29FN2O. The predicted molar refractivity (Wildman–Crippen MR) is 97.2 cm³/mol. The molecule has 0 radical (unpaired) electrons. The Labute approximate surface area is 150 Å². The quantitative estimate of drug-likeness (QED) is 0.686. The monoisotopic (exact) mass is 344 g/mol. The zero-order chi connectivity index (χ0) is 17.8. The van der Waals surface area contributed by atoms with Crippen LogP contribution in [0.4, 0.5) is 9.18 Å². The topological polar surface area (TPSA) is 23.6 Å². The third-order valence-electron chi connectivity index (χ3n) is 7.44. The molecule has 2 saturated heterocycles. The third kappa shape index (κ3) is 2.40. The van der Waals surface area contributed by atoms with Gasteiger partial charge >= 0.3 is 6.03 Å². The second kappa shape index (κ2) is 5.72. The highest BCUT2D eigenvalue weighted by molar-refractivity contribution is 5.75. The Morgan fingerprint density at radius 1 is 1.12 bits per heavy atom. The van der Waals surface area contributed by atoms with Crippen molar-refractivity contribution in [1.29, 1.82) is 0 Å². The summed E-state index contributed by atoms with van der Waals surface area (Å²) < 4.78 is 13.9. The van der Waals surface area contributed by atoms with Crippen LogP contribution in [-0.2, 0) is 11.8 Å². The van der Waals surface area contributed by atoms with Crippen LogP contribution in [-0.4, -0.2) is 41.5 Å². The number of piperidine rings is 2. The molecule has 2 bridgehead atoms. The Morgan fingerprint density at radius 2 is 1.84 bits per heavy atom. The molecule has 2 aliphatic heterocycles. The van der Waals surface area contributed by atoms with Crippen molar-refractivity contribution >= 4 is 6.03 Å². The minimum Gasteiger partial charge on any atom is -0.325 e. The van der Waals surface area contributed by atoms with Crippen LogP contribution in [0.3, 0.4) is 0 Å². The number of hydrogen-bond donors (Lipinski definition) is 0. The number of urea groups is 1. The number of rotatable bonds is 0. The fourth-order valence-electron chi connectivity index (χ4n) is 5.37. The number of carbonyl (C=O) groups is 1. The molecule has 3 aliphatic rings. The molecule has 1 aromatic carbocycles. The lowest BCUT2D eigenvalue weighted by Crippen LogP contribution is -2.66. The SMILES string of the molecule is CC12CCN(C(=O)N3CCCCC3)C(Cc3ccc(F)cc31)C2(C)C. The van der Waals surface area contributed by atoms with E-state index in [0.29, 0.717) is 0 Å². The van der Waals surface area contributed by atoms with Crippen LogP contribution in [0.2, 0.25) is 0 Å². The summed E-state index contributed by atoms with van der Waals surface area (Å²) in [6.45, 7) is 9.35. The highest BCUT2D eigenvalue weighted by Crippen LogP contribution is 2.56. The number of amides is 2. The molecule has 0 N–H and O–H groups in total. The van der Waals surface area contributed by atoms with Gasteiger partial charge in [-0.2, -0.15) is 0 Å². The van der Waals surface area contributed by atoms with Crippen molar-refractivity contribution in [2.45, 2.75) is 64.3 Å². The van der Waals surface area contributed by atoms with Gasteiger partial charge in [-0.1, -0.05) is 26.8 Å². The smallest absolute Gasteiger partial charge is 0.320 e. The van der Waals surface area contributed by atoms with Crippen molar-refractivity contribution in [3.05, 3.63) is 35.1 Å². The molecule has 1 aliphatic carbocycles. The molecule has 4 rings (SSSR count). The molecule has 1 aromatic rings. The fraction of sp³-hybridized carbons (Fsp3) is 0.667. The summed E-state index contributed by atoms with van der Waals surface area (Å²) in [5.74, 6) is -0.152. The van der Waals surface area contributed by atoms with E-state index < -0.39 is 0 Å². The molecule has 3 nitrogen and oxygen atoms in total. The summed E-state index contributed by atoms with van der Waals surface area (Å²) in [6.07, 6.45) is 5.20. The molecule has 0 saturated carbocycles. The predicted octanol–water partition coefficient (Wildman–Crippen LogP) is 4.35. The zero-order valence-corrected chi connectivity index (χ0v) is 15.6. The first-order valence-electron chi connectivity index (χ1n) is 9.69. The molecule has 0 spiro atoms. The van der Waals surface area contributed by atoms with Gasteiger partial charge in [0.15, 0.2) is 0 Å². The molecule has 2 unspecified atom stereocenters. The van der Waals surface area contributed by atoms with Crippen LogP contribution >= 0.6 is 0 Å². The Balaban J connectivity index is 1.70.